The molecule has 0 amide bonds. The highest BCUT2D eigenvalue weighted by Crippen LogP contribution is 2.31. The monoisotopic (exact) mass is 473 g/mol. The van der Waals surface area contributed by atoms with Crippen LogP contribution >= 0.6 is 15.9 Å². The number of benzene rings is 2. The summed E-state index contributed by atoms with van der Waals surface area (Å²) >= 11 is 3.41. The summed E-state index contributed by atoms with van der Waals surface area (Å²) < 4.78 is 28.7. The predicted molar refractivity (Wildman–Crippen MR) is 121 cm³/mol. The van der Waals surface area contributed by atoms with Crippen LogP contribution in [0.5, 0.6) is 0 Å². The van der Waals surface area contributed by atoms with E-state index in [4.69, 9.17) is 0 Å². The van der Waals surface area contributed by atoms with E-state index in [-0.39, 0.29) is 0 Å². The summed E-state index contributed by atoms with van der Waals surface area (Å²) in [5.74, 6) is 0.462. The Bertz CT molecular complexity index is 1090. The molecule has 0 atom stereocenters. The van der Waals surface area contributed by atoms with Crippen LogP contribution < -0.4 is 4.72 Å². The molecule has 5 nitrogen and oxygen atoms in total. The molecule has 0 unspecified atom stereocenters. The molecule has 2 aliphatic rings. The van der Waals surface area contributed by atoms with Gasteiger partial charge in [0.15, 0.2) is 0 Å². The Morgan fingerprint density at radius 3 is 2.72 bits per heavy atom. The first-order chi connectivity index (χ1) is 13.9. The molecule has 1 N–H and O–H groups in total. The zero-order valence-electron chi connectivity index (χ0n) is 16.4. The zero-order valence-corrected chi connectivity index (χ0v) is 18.8. The van der Waals surface area contributed by atoms with E-state index in [1.165, 1.54) is 11.1 Å². The van der Waals surface area contributed by atoms with E-state index in [1.54, 1.807) is 6.07 Å². The molecular weight excluding hydrogens is 450 g/mol. The molecule has 2 aromatic rings. The van der Waals surface area contributed by atoms with Gasteiger partial charge < -0.3 is 0 Å². The molecule has 0 bridgehead atoms. The van der Waals surface area contributed by atoms with Crippen molar-refractivity contribution in [2.75, 3.05) is 19.6 Å². The number of halogens is 1. The number of aliphatic imine (C=N–C) groups is 1. The van der Waals surface area contributed by atoms with Crippen molar-refractivity contribution in [1.29, 1.82) is 0 Å². The lowest BCUT2D eigenvalue weighted by atomic mass is 10.00. The second-order valence-corrected chi connectivity index (χ2v) is 9.98. The van der Waals surface area contributed by atoms with Crippen molar-refractivity contribution in [3.8, 4) is 0 Å². The van der Waals surface area contributed by atoms with E-state index in [0.717, 1.165) is 36.9 Å². The van der Waals surface area contributed by atoms with Crippen molar-refractivity contribution in [3.05, 3.63) is 75.3 Å². The third-order valence-electron chi connectivity index (χ3n) is 5.39. The lowest BCUT2D eigenvalue weighted by Crippen LogP contribution is -2.31. The molecule has 0 saturated carbocycles. The van der Waals surface area contributed by atoms with Crippen LogP contribution in [0.25, 0.3) is 4.91 Å². The topological polar surface area (TPSA) is 61.8 Å². The van der Waals surface area contributed by atoms with Gasteiger partial charge in [-0.15, -0.1) is 0 Å². The summed E-state index contributed by atoms with van der Waals surface area (Å²) in [5, 5.41) is 0. The van der Waals surface area contributed by atoms with Crippen LogP contribution in [0.1, 0.15) is 30.0 Å². The van der Waals surface area contributed by atoms with Crippen LogP contribution in [-0.4, -0.2) is 38.8 Å². The van der Waals surface area contributed by atoms with Crippen molar-refractivity contribution >= 4 is 36.7 Å². The SMILES string of the molecule is CC1=C(c2cccc(Br)c2)S(=O)(=O)NC1=NCCCN1CCc2ccccc2C1. The summed E-state index contributed by atoms with van der Waals surface area (Å²) in [6.45, 7) is 5.41. The third kappa shape index (κ3) is 4.47. The molecule has 4 rings (SSSR count). The molecule has 152 valence electrons. The van der Waals surface area contributed by atoms with Gasteiger partial charge >= 0.3 is 0 Å². The van der Waals surface area contributed by atoms with E-state index in [2.05, 4.69) is 54.8 Å². The average molecular weight is 474 g/mol. The Kier molecular flexibility index (Phi) is 5.90. The second-order valence-electron chi connectivity index (χ2n) is 7.45. The van der Waals surface area contributed by atoms with Gasteiger partial charge in [-0.1, -0.05) is 52.3 Å². The van der Waals surface area contributed by atoms with Gasteiger partial charge in [0.25, 0.3) is 10.0 Å². The van der Waals surface area contributed by atoms with Gasteiger partial charge in [0.05, 0.1) is 0 Å². The second kappa shape index (κ2) is 8.42. The quantitative estimate of drug-likeness (QED) is 0.668. The largest absolute Gasteiger partial charge is 0.299 e. The lowest BCUT2D eigenvalue weighted by molar-refractivity contribution is 0.252. The number of fused-ring (bicyclic) bond motifs is 1. The first-order valence-corrected chi connectivity index (χ1v) is 12.1. The summed E-state index contributed by atoms with van der Waals surface area (Å²) in [7, 11) is -3.58. The minimum atomic E-state index is -3.58. The molecule has 29 heavy (non-hydrogen) atoms. The highest BCUT2D eigenvalue weighted by molar-refractivity contribution is 9.10. The van der Waals surface area contributed by atoms with Crippen LogP contribution in [0, 0.1) is 0 Å². The Hall–Kier alpha value is -1.96. The molecule has 7 heteroatoms. The normalized spacial score (nSPS) is 20.0. The fourth-order valence-electron chi connectivity index (χ4n) is 3.95. The molecular formula is C22H24BrN3O2S. The fraction of sp³-hybridized carbons (Fsp3) is 0.318. The summed E-state index contributed by atoms with van der Waals surface area (Å²) in [5.41, 5.74) is 4.20. The number of nitrogens with zero attached hydrogens (tertiary/aromatic N) is 2. The van der Waals surface area contributed by atoms with Crippen LogP contribution in [0.15, 0.2) is 63.6 Å². The first-order valence-electron chi connectivity index (χ1n) is 9.77. The Morgan fingerprint density at radius 2 is 1.93 bits per heavy atom. The molecule has 0 aliphatic carbocycles. The smallest absolute Gasteiger partial charge is 0.264 e. The predicted octanol–water partition coefficient (Wildman–Crippen LogP) is 3.96. The van der Waals surface area contributed by atoms with E-state index < -0.39 is 10.0 Å². The number of hydrogen-bond acceptors (Lipinski definition) is 4. The van der Waals surface area contributed by atoms with Gasteiger partial charge in [0.1, 0.15) is 10.7 Å². The molecule has 2 heterocycles. The Labute approximate surface area is 180 Å². The molecule has 0 spiro atoms. The molecule has 0 fully saturated rings. The highest BCUT2D eigenvalue weighted by Gasteiger charge is 2.32. The van der Waals surface area contributed by atoms with E-state index in [1.807, 2.05) is 25.1 Å². The van der Waals surface area contributed by atoms with Gasteiger partial charge in [-0.3, -0.25) is 14.6 Å². The lowest BCUT2D eigenvalue weighted by Gasteiger charge is -2.28. The minimum Gasteiger partial charge on any atom is -0.299 e. The van der Waals surface area contributed by atoms with Crippen molar-refractivity contribution in [2.24, 2.45) is 4.99 Å². The van der Waals surface area contributed by atoms with Gasteiger partial charge in [0.2, 0.25) is 0 Å². The Morgan fingerprint density at radius 1 is 1.14 bits per heavy atom. The Balaban J connectivity index is 1.40. The molecule has 0 aromatic heterocycles. The maximum absolute atomic E-state index is 12.6. The van der Waals surface area contributed by atoms with Crippen molar-refractivity contribution < 1.29 is 8.42 Å². The minimum absolute atomic E-state index is 0.310. The number of nitrogens with one attached hydrogen (secondary N) is 1. The van der Waals surface area contributed by atoms with E-state index in [0.29, 0.717) is 28.4 Å². The molecule has 0 saturated heterocycles. The zero-order chi connectivity index (χ0) is 20.4. The van der Waals surface area contributed by atoms with Gasteiger partial charge in [-0.25, -0.2) is 8.42 Å². The third-order valence-corrected chi connectivity index (χ3v) is 7.43. The first kappa shape index (κ1) is 20.3. The van der Waals surface area contributed by atoms with Crippen molar-refractivity contribution in [3.63, 3.8) is 0 Å². The number of hydrogen-bond donors (Lipinski definition) is 1. The maximum atomic E-state index is 12.6. The van der Waals surface area contributed by atoms with Crippen molar-refractivity contribution in [2.45, 2.75) is 26.3 Å². The van der Waals surface area contributed by atoms with Gasteiger partial charge in [-0.2, -0.15) is 0 Å². The maximum Gasteiger partial charge on any atom is 0.264 e. The van der Waals surface area contributed by atoms with Gasteiger partial charge in [-0.05, 0) is 48.6 Å². The number of amidine groups is 1. The van der Waals surface area contributed by atoms with Crippen LogP contribution in [0.4, 0.5) is 0 Å². The molecule has 2 aliphatic heterocycles. The van der Waals surface area contributed by atoms with Crippen molar-refractivity contribution in [1.82, 2.24) is 9.62 Å². The number of sulfonamides is 1. The molecule has 2 aromatic carbocycles. The summed E-state index contributed by atoms with van der Waals surface area (Å²) in [6.07, 6.45) is 1.98. The fourth-order valence-corrected chi connectivity index (χ4v) is 5.86. The highest BCUT2D eigenvalue weighted by atomic mass is 79.9. The summed E-state index contributed by atoms with van der Waals surface area (Å²) in [6, 6.07) is 15.9. The van der Waals surface area contributed by atoms with E-state index >= 15 is 0 Å². The van der Waals surface area contributed by atoms with E-state index in [9.17, 15) is 8.42 Å². The standard InChI is InChI=1S/C22H24BrN3O2S/c1-16-21(18-8-4-9-20(23)14-18)29(27,28)25-22(16)24-11-5-12-26-13-10-17-6-2-3-7-19(17)15-26/h2-4,6-9,14H,5,10-13,15H2,1H3,(H,24,25). The average Bonchev–Trinajstić information content (AvgIpc) is 2.93. The van der Waals surface area contributed by atoms with Gasteiger partial charge in [0, 0.05) is 36.2 Å². The summed E-state index contributed by atoms with van der Waals surface area (Å²) in [4.78, 5) is 7.31. The van der Waals surface area contributed by atoms with Crippen LogP contribution in [0.3, 0.4) is 0 Å². The van der Waals surface area contributed by atoms with Crippen LogP contribution in [0.2, 0.25) is 0 Å². The van der Waals surface area contributed by atoms with Crippen LogP contribution in [-0.2, 0) is 23.0 Å². The molecule has 0 radical (unpaired) electrons. The number of rotatable bonds is 5.